The Hall–Kier alpha value is -2.78. The molecule has 1 amide bonds. The number of hydrogen-bond acceptors (Lipinski definition) is 2. The molecule has 0 fully saturated rings. The largest absolute Gasteiger partial charge is 0.489 e. The lowest BCUT2D eigenvalue weighted by Crippen LogP contribution is -2.32. The van der Waals surface area contributed by atoms with Crippen molar-refractivity contribution in [3.8, 4) is 5.75 Å². The van der Waals surface area contributed by atoms with Crippen molar-refractivity contribution >= 4 is 17.5 Å². The van der Waals surface area contributed by atoms with Gasteiger partial charge in [0, 0.05) is 22.2 Å². The number of amides is 1. The number of carbonyl (C=O) groups excluding carboxylic acids is 1. The predicted octanol–water partition coefficient (Wildman–Crippen LogP) is 5.67. The normalized spacial score (nSPS) is 11.6. The van der Waals surface area contributed by atoms with Gasteiger partial charge in [0.05, 0.1) is 0 Å². The molecule has 0 unspecified atom stereocenters. The van der Waals surface area contributed by atoms with E-state index < -0.39 is 0 Å². The summed E-state index contributed by atoms with van der Waals surface area (Å²) in [7, 11) is 0. The monoisotopic (exact) mass is 393 g/mol. The van der Waals surface area contributed by atoms with Crippen LogP contribution >= 0.6 is 11.6 Å². The van der Waals surface area contributed by atoms with E-state index in [0.717, 1.165) is 18.4 Å². The summed E-state index contributed by atoms with van der Waals surface area (Å²) in [6, 6.07) is 25.2. The summed E-state index contributed by atoms with van der Waals surface area (Å²) in [4.78, 5) is 12.4. The zero-order valence-corrected chi connectivity index (χ0v) is 16.7. The number of halogens is 1. The molecule has 0 aliphatic heterocycles. The van der Waals surface area contributed by atoms with Crippen molar-refractivity contribution in [2.24, 2.45) is 0 Å². The predicted molar refractivity (Wildman–Crippen MR) is 114 cm³/mol. The molecule has 0 radical (unpaired) electrons. The SMILES string of the molecule is C[C@@H](CCc1ccccc1)NC(=O)c1ccc(OCc2ccccc2Cl)cc1. The summed E-state index contributed by atoms with van der Waals surface area (Å²) in [5, 5.41) is 3.74. The van der Waals surface area contributed by atoms with Gasteiger partial charge in [0.25, 0.3) is 5.91 Å². The van der Waals surface area contributed by atoms with Crippen molar-refractivity contribution in [1.82, 2.24) is 5.32 Å². The van der Waals surface area contributed by atoms with Crippen molar-refractivity contribution in [3.05, 3.63) is 101 Å². The fourth-order valence-electron chi connectivity index (χ4n) is 2.89. The Morgan fingerprint density at radius 3 is 2.36 bits per heavy atom. The van der Waals surface area contributed by atoms with Gasteiger partial charge in [-0.3, -0.25) is 4.79 Å². The van der Waals surface area contributed by atoms with Crippen LogP contribution in [0.25, 0.3) is 0 Å². The fourth-order valence-corrected chi connectivity index (χ4v) is 3.08. The van der Waals surface area contributed by atoms with Gasteiger partial charge in [0.15, 0.2) is 0 Å². The van der Waals surface area contributed by atoms with E-state index >= 15 is 0 Å². The Balaban J connectivity index is 1.48. The van der Waals surface area contributed by atoms with Crippen LogP contribution in [-0.4, -0.2) is 11.9 Å². The van der Waals surface area contributed by atoms with E-state index in [1.165, 1.54) is 5.56 Å². The van der Waals surface area contributed by atoms with Crippen molar-refractivity contribution in [2.75, 3.05) is 0 Å². The van der Waals surface area contributed by atoms with Gasteiger partial charge in [-0.15, -0.1) is 0 Å². The van der Waals surface area contributed by atoms with E-state index in [9.17, 15) is 4.79 Å². The molecule has 3 nitrogen and oxygen atoms in total. The minimum absolute atomic E-state index is 0.0711. The lowest BCUT2D eigenvalue weighted by atomic mass is 10.1. The Morgan fingerprint density at radius 2 is 1.64 bits per heavy atom. The van der Waals surface area contributed by atoms with E-state index in [2.05, 4.69) is 17.4 Å². The maximum atomic E-state index is 12.4. The van der Waals surface area contributed by atoms with Gasteiger partial charge in [-0.2, -0.15) is 0 Å². The number of hydrogen-bond donors (Lipinski definition) is 1. The van der Waals surface area contributed by atoms with Crippen LogP contribution in [0, 0.1) is 0 Å². The molecule has 0 saturated carbocycles. The first-order chi connectivity index (χ1) is 13.6. The van der Waals surface area contributed by atoms with Crippen LogP contribution in [0.2, 0.25) is 5.02 Å². The molecular weight excluding hydrogens is 370 g/mol. The molecule has 0 aliphatic rings. The highest BCUT2D eigenvalue weighted by molar-refractivity contribution is 6.31. The highest BCUT2D eigenvalue weighted by atomic mass is 35.5. The van der Waals surface area contributed by atoms with Crippen molar-refractivity contribution in [3.63, 3.8) is 0 Å². The molecule has 0 aromatic heterocycles. The van der Waals surface area contributed by atoms with Gasteiger partial charge < -0.3 is 10.1 Å². The Morgan fingerprint density at radius 1 is 0.964 bits per heavy atom. The van der Waals surface area contributed by atoms with Crippen LogP contribution in [0.3, 0.4) is 0 Å². The van der Waals surface area contributed by atoms with Crippen LogP contribution in [0.1, 0.15) is 34.8 Å². The van der Waals surface area contributed by atoms with Crippen LogP contribution in [0.15, 0.2) is 78.9 Å². The fraction of sp³-hybridized carbons (Fsp3) is 0.208. The average molecular weight is 394 g/mol. The smallest absolute Gasteiger partial charge is 0.251 e. The maximum Gasteiger partial charge on any atom is 0.251 e. The van der Waals surface area contributed by atoms with E-state index in [1.807, 2.05) is 49.4 Å². The van der Waals surface area contributed by atoms with Crippen molar-refractivity contribution < 1.29 is 9.53 Å². The maximum absolute atomic E-state index is 12.4. The molecule has 0 heterocycles. The third kappa shape index (κ3) is 5.86. The molecular formula is C24H24ClNO2. The van der Waals surface area contributed by atoms with Crippen LogP contribution in [0.4, 0.5) is 0 Å². The van der Waals surface area contributed by atoms with E-state index in [4.69, 9.17) is 16.3 Å². The molecule has 0 saturated heterocycles. The van der Waals surface area contributed by atoms with Crippen molar-refractivity contribution in [2.45, 2.75) is 32.4 Å². The molecule has 3 aromatic rings. The molecule has 28 heavy (non-hydrogen) atoms. The quantitative estimate of drug-likeness (QED) is 0.535. The van der Waals surface area contributed by atoms with E-state index in [1.54, 1.807) is 24.3 Å². The first-order valence-electron chi connectivity index (χ1n) is 9.43. The topological polar surface area (TPSA) is 38.3 Å². The number of nitrogens with one attached hydrogen (secondary N) is 1. The summed E-state index contributed by atoms with van der Waals surface area (Å²) < 4.78 is 5.76. The molecule has 1 N–H and O–H groups in total. The first-order valence-corrected chi connectivity index (χ1v) is 9.80. The van der Waals surface area contributed by atoms with E-state index in [0.29, 0.717) is 22.9 Å². The van der Waals surface area contributed by atoms with Gasteiger partial charge in [-0.05, 0) is 55.7 Å². The summed E-state index contributed by atoms with van der Waals surface area (Å²) >= 11 is 6.14. The number of rotatable bonds is 8. The Kier molecular flexibility index (Phi) is 7.10. The summed E-state index contributed by atoms with van der Waals surface area (Å²) in [6.07, 6.45) is 1.84. The van der Waals surface area contributed by atoms with Gasteiger partial charge in [0.2, 0.25) is 0 Å². The first kappa shape index (κ1) is 20.0. The Bertz CT molecular complexity index is 894. The van der Waals surface area contributed by atoms with Gasteiger partial charge in [-0.1, -0.05) is 60.1 Å². The molecule has 4 heteroatoms. The lowest BCUT2D eigenvalue weighted by Gasteiger charge is -2.14. The van der Waals surface area contributed by atoms with Crippen LogP contribution < -0.4 is 10.1 Å². The Labute approximate surface area is 171 Å². The van der Waals surface area contributed by atoms with Gasteiger partial charge >= 0.3 is 0 Å². The molecule has 0 aliphatic carbocycles. The highest BCUT2D eigenvalue weighted by Gasteiger charge is 2.10. The summed E-state index contributed by atoms with van der Waals surface area (Å²) in [6.45, 7) is 2.42. The standard InChI is InChI=1S/C24H24ClNO2/c1-18(11-12-19-7-3-2-4-8-19)26-24(27)20-13-15-22(16-14-20)28-17-21-9-5-6-10-23(21)25/h2-10,13-16,18H,11-12,17H2,1H3,(H,26,27)/t18-/m0/s1. The summed E-state index contributed by atoms with van der Waals surface area (Å²) in [5.41, 5.74) is 2.83. The average Bonchev–Trinajstić information content (AvgIpc) is 2.73. The number of carbonyl (C=O) groups is 1. The molecule has 0 bridgehead atoms. The molecule has 3 aromatic carbocycles. The van der Waals surface area contributed by atoms with E-state index in [-0.39, 0.29) is 11.9 Å². The second-order valence-corrected chi connectivity index (χ2v) is 7.21. The molecule has 144 valence electrons. The second-order valence-electron chi connectivity index (χ2n) is 6.80. The molecule has 1 atom stereocenters. The zero-order valence-electron chi connectivity index (χ0n) is 15.9. The number of aryl methyl sites for hydroxylation is 1. The molecule has 0 spiro atoms. The molecule has 3 rings (SSSR count). The lowest BCUT2D eigenvalue weighted by molar-refractivity contribution is 0.0938. The second kappa shape index (κ2) is 9.95. The highest BCUT2D eigenvalue weighted by Crippen LogP contribution is 2.19. The minimum Gasteiger partial charge on any atom is -0.489 e. The van der Waals surface area contributed by atoms with Crippen LogP contribution in [0.5, 0.6) is 5.75 Å². The van der Waals surface area contributed by atoms with Gasteiger partial charge in [0.1, 0.15) is 12.4 Å². The third-order valence-electron chi connectivity index (χ3n) is 4.56. The number of benzene rings is 3. The minimum atomic E-state index is -0.0711. The van der Waals surface area contributed by atoms with Crippen LogP contribution in [-0.2, 0) is 13.0 Å². The zero-order chi connectivity index (χ0) is 19.8. The number of ether oxygens (including phenoxy) is 1. The van der Waals surface area contributed by atoms with Gasteiger partial charge in [-0.25, -0.2) is 0 Å². The van der Waals surface area contributed by atoms with Crippen molar-refractivity contribution in [1.29, 1.82) is 0 Å². The third-order valence-corrected chi connectivity index (χ3v) is 4.92. The summed E-state index contributed by atoms with van der Waals surface area (Å²) in [5.74, 6) is 0.631.